The summed E-state index contributed by atoms with van der Waals surface area (Å²) in [5, 5.41) is 9.23. The monoisotopic (exact) mass is 173 g/mol. The third kappa shape index (κ3) is 4.07. The molecule has 12 heavy (non-hydrogen) atoms. The van der Waals surface area contributed by atoms with Crippen LogP contribution in [0.2, 0.25) is 0 Å². The standard InChI is InChI=1S/C10H23NO/c1-5-7-10(3,9-12)8-11(4)6-2/h12H,5-9H2,1-4H3. The maximum Gasteiger partial charge on any atom is 0.0497 e. The minimum absolute atomic E-state index is 0.0967. The molecule has 1 atom stereocenters. The summed E-state index contributed by atoms with van der Waals surface area (Å²) < 4.78 is 0. The lowest BCUT2D eigenvalue weighted by atomic mass is 9.86. The number of hydrogen-bond donors (Lipinski definition) is 1. The lowest BCUT2D eigenvalue weighted by Crippen LogP contribution is -2.36. The van der Waals surface area contributed by atoms with Gasteiger partial charge in [0, 0.05) is 18.6 Å². The van der Waals surface area contributed by atoms with Gasteiger partial charge in [-0.3, -0.25) is 0 Å². The van der Waals surface area contributed by atoms with Crippen LogP contribution >= 0.6 is 0 Å². The molecule has 2 nitrogen and oxygen atoms in total. The summed E-state index contributed by atoms with van der Waals surface area (Å²) in [7, 11) is 2.10. The van der Waals surface area contributed by atoms with Crippen molar-refractivity contribution in [1.29, 1.82) is 0 Å². The van der Waals surface area contributed by atoms with E-state index < -0.39 is 0 Å². The quantitative estimate of drug-likeness (QED) is 0.661. The SMILES string of the molecule is CCCC(C)(CO)CN(C)CC. The second kappa shape index (κ2) is 5.55. The van der Waals surface area contributed by atoms with Gasteiger partial charge in [0.1, 0.15) is 0 Å². The van der Waals surface area contributed by atoms with Crippen molar-refractivity contribution in [3.05, 3.63) is 0 Å². The fourth-order valence-electron chi connectivity index (χ4n) is 1.58. The van der Waals surface area contributed by atoms with Crippen LogP contribution in [-0.2, 0) is 0 Å². The van der Waals surface area contributed by atoms with Gasteiger partial charge in [0.2, 0.25) is 0 Å². The molecule has 1 unspecified atom stereocenters. The Morgan fingerprint density at radius 1 is 1.33 bits per heavy atom. The highest BCUT2D eigenvalue weighted by molar-refractivity contribution is 4.75. The molecule has 0 saturated heterocycles. The van der Waals surface area contributed by atoms with E-state index in [1.807, 2.05) is 0 Å². The van der Waals surface area contributed by atoms with Crippen LogP contribution in [0.15, 0.2) is 0 Å². The molecule has 0 amide bonds. The molecule has 0 bridgehead atoms. The van der Waals surface area contributed by atoms with Crippen molar-refractivity contribution in [2.45, 2.75) is 33.6 Å². The van der Waals surface area contributed by atoms with Crippen molar-refractivity contribution >= 4 is 0 Å². The molecule has 74 valence electrons. The van der Waals surface area contributed by atoms with Crippen molar-refractivity contribution in [3.8, 4) is 0 Å². The molecule has 0 aromatic heterocycles. The van der Waals surface area contributed by atoms with Crippen LogP contribution in [-0.4, -0.2) is 36.8 Å². The van der Waals surface area contributed by atoms with Crippen LogP contribution in [0.1, 0.15) is 33.6 Å². The summed E-state index contributed by atoms with van der Waals surface area (Å²) in [6.07, 6.45) is 2.25. The van der Waals surface area contributed by atoms with Gasteiger partial charge in [0.15, 0.2) is 0 Å². The van der Waals surface area contributed by atoms with E-state index in [4.69, 9.17) is 0 Å². The Morgan fingerprint density at radius 3 is 2.25 bits per heavy atom. The first-order chi connectivity index (χ1) is 5.58. The predicted octanol–water partition coefficient (Wildman–Crippen LogP) is 1.74. The Hall–Kier alpha value is -0.0800. The zero-order chi connectivity index (χ0) is 9.61. The largest absolute Gasteiger partial charge is 0.396 e. The second-order valence-corrected chi connectivity index (χ2v) is 4.05. The molecule has 0 heterocycles. The minimum Gasteiger partial charge on any atom is -0.396 e. The summed E-state index contributed by atoms with van der Waals surface area (Å²) in [5.41, 5.74) is 0.0967. The Morgan fingerprint density at radius 2 is 1.92 bits per heavy atom. The van der Waals surface area contributed by atoms with Gasteiger partial charge in [0.25, 0.3) is 0 Å². The molecule has 0 aromatic carbocycles. The van der Waals surface area contributed by atoms with Crippen LogP contribution in [0.5, 0.6) is 0 Å². The number of hydrogen-bond acceptors (Lipinski definition) is 2. The van der Waals surface area contributed by atoms with Crippen LogP contribution in [0.25, 0.3) is 0 Å². The van der Waals surface area contributed by atoms with Gasteiger partial charge in [-0.05, 0) is 20.0 Å². The van der Waals surface area contributed by atoms with Gasteiger partial charge >= 0.3 is 0 Å². The molecule has 0 fully saturated rings. The number of nitrogens with zero attached hydrogens (tertiary/aromatic N) is 1. The fraction of sp³-hybridized carbons (Fsp3) is 1.00. The third-order valence-electron chi connectivity index (χ3n) is 2.43. The van der Waals surface area contributed by atoms with E-state index in [1.165, 1.54) is 0 Å². The topological polar surface area (TPSA) is 23.5 Å². The average molecular weight is 173 g/mol. The minimum atomic E-state index is 0.0967. The molecule has 0 aromatic rings. The highest BCUT2D eigenvalue weighted by Crippen LogP contribution is 2.23. The molecular weight excluding hydrogens is 150 g/mol. The van der Waals surface area contributed by atoms with E-state index in [9.17, 15) is 5.11 Å². The molecule has 2 heteroatoms. The molecule has 0 aliphatic carbocycles. The molecule has 1 N–H and O–H groups in total. The summed E-state index contributed by atoms with van der Waals surface area (Å²) in [6, 6.07) is 0. The Balaban J connectivity index is 3.94. The van der Waals surface area contributed by atoms with Crippen LogP contribution in [0.4, 0.5) is 0 Å². The molecule has 0 saturated carbocycles. The van der Waals surface area contributed by atoms with Gasteiger partial charge in [-0.25, -0.2) is 0 Å². The van der Waals surface area contributed by atoms with Gasteiger partial charge in [0.05, 0.1) is 0 Å². The van der Waals surface area contributed by atoms with E-state index in [0.29, 0.717) is 6.61 Å². The zero-order valence-electron chi connectivity index (χ0n) is 8.93. The Kier molecular flexibility index (Phi) is 5.51. The lowest BCUT2D eigenvalue weighted by molar-refractivity contribution is 0.0924. The Labute approximate surface area is 76.6 Å². The highest BCUT2D eigenvalue weighted by Gasteiger charge is 2.23. The van der Waals surface area contributed by atoms with Gasteiger partial charge < -0.3 is 10.0 Å². The average Bonchev–Trinajstić information content (AvgIpc) is 2.05. The van der Waals surface area contributed by atoms with Crippen molar-refractivity contribution in [3.63, 3.8) is 0 Å². The molecular formula is C10H23NO. The second-order valence-electron chi connectivity index (χ2n) is 4.05. The maximum absolute atomic E-state index is 9.23. The van der Waals surface area contributed by atoms with E-state index in [-0.39, 0.29) is 5.41 Å². The van der Waals surface area contributed by atoms with Crippen molar-refractivity contribution in [2.24, 2.45) is 5.41 Å². The van der Waals surface area contributed by atoms with E-state index in [0.717, 1.165) is 25.9 Å². The highest BCUT2D eigenvalue weighted by atomic mass is 16.3. The number of aliphatic hydroxyl groups is 1. The van der Waals surface area contributed by atoms with Crippen molar-refractivity contribution < 1.29 is 5.11 Å². The normalized spacial score (nSPS) is 16.5. The molecule has 0 aliphatic heterocycles. The lowest BCUT2D eigenvalue weighted by Gasteiger charge is -2.31. The van der Waals surface area contributed by atoms with Crippen LogP contribution < -0.4 is 0 Å². The maximum atomic E-state index is 9.23. The first kappa shape index (κ1) is 11.9. The summed E-state index contributed by atoms with van der Waals surface area (Å²) in [4.78, 5) is 2.26. The number of aliphatic hydroxyl groups excluding tert-OH is 1. The first-order valence-electron chi connectivity index (χ1n) is 4.87. The van der Waals surface area contributed by atoms with Gasteiger partial charge in [-0.2, -0.15) is 0 Å². The van der Waals surface area contributed by atoms with Crippen LogP contribution in [0.3, 0.4) is 0 Å². The Bertz CT molecular complexity index is 116. The molecule has 0 aliphatic rings. The van der Waals surface area contributed by atoms with E-state index >= 15 is 0 Å². The van der Waals surface area contributed by atoms with E-state index in [2.05, 4.69) is 32.7 Å². The predicted molar refractivity (Wildman–Crippen MR) is 53.3 cm³/mol. The van der Waals surface area contributed by atoms with E-state index in [1.54, 1.807) is 0 Å². The summed E-state index contributed by atoms with van der Waals surface area (Å²) in [5.74, 6) is 0. The smallest absolute Gasteiger partial charge is 0.0497 e. The molecule has 0 rings (SSSR count). The molecule has 0 spiro atoms. The van der Waals surface area contributed by atoms with Crippen molar-refractivity contribution in [1.82, 2.24) is 4.90 Å². The first-order valence-corrected chi connectivity index (χ1v) is 4.87. The summed E-state index contributed by atoms with van der Waals surface area (Å²) >= 11 is 0. The third-order valence-corrected chi connectivity index (χ3v) is 2.43. The fourth-order valence-corrected chi connectivity index (χ4v) is 1.58. The van der Waals surface area contributed by atoms with Gasteiger partial charge in [-0.1, -0.05) is 27.2 Å². The number of rotatable bonds is 6. The molecule has 0 radical (unpaired) electrons. The van der Waals surface area contributed by atoms with Gasteiger partial charge in [-0.15, -0.1) is 0 Å². The zero-order valence-corrected chi connectivity index (χ0v) is 8.93. The summed E-state index contributed by atoms with van der Waals surface area (Å²) in [6.45, 7) is 8.81. The van der Waals surface area contributed by atoms with Crippen LogP contribution in [0, 0.1) is 5.41 Å². The van der Waals surface area contributed by atoms with Crippen molar-refractivity contribution in [2.75, 3.05) is 26.7 Å².